The Labute approximate surface area is 199 Å². The number of amides is 1. The Morgan fingerprint density at radius 1 is 0.882 bits per heavy atom. The van der Waals surface area contributed by atoms with Crippen LogP contribution in [-0.4, -0.2) is 20.9 Å². The minimum Gasteiger partial charge on any atom is -0.322 e. The van der Waals surface area contributed by atoms with Crippen LogP contribution in [-0.2, 0) is 5.41 Å². The Hall–Kier alpha value is -4.37. The standard InChI is InChI=1S/C28H25N5O/c1-18-5-6-23(33-27(34)22-9-12-32-26(15-22)28(3,4)17-29)16-24(18)20-7-11-31-25(14-20)21-8-10-30-19(2)13-21/h5-16H,1-4H3,(H,33,34). The third-order valence-electron chi connectivity index (χ3n) is 5.70. The lowest BCUT2D eigenvalue weighted by Gasteiger charge is -2.15. The number of nitrogens with one attached hydrogen (secondary N) is 1. The highest BCUT2D eigenvalue weighted by Gasteiger charge is 2.22. The molecule has 0 aliphatic rings. The van der Waals surface area contributed by atoms with Gasteiger partial charge in [0.05, 0.1) is 22.9 Å². The van der Waals surface area contributed by atoms with Gasteiger partial charge in [0.15, 0.2) is 0 Å². The van der Waals surface area contributed by atoms with Crippen LogP contribution in [0.1, 0.15) is 41.2 Å². The highest BCUT2D eigenvalue weighted by atomic mass is 16.1. The Bertz CT molecular complexity index is 1420. The summed E-state index contributed by atoms with van der Waals surface area (Å²) in [5, 5.41) is 12.4. The van der Waals surface area contributed by atoms with E-state index in [1.165, 1.54) is 0 Å². The molecule has 0 fully saturated rings. The maximum Gasteiger partial charge on any atom is 0.255 e. The maximum absolute atomic E-state index is 12.9. The fourth-order valence-electron chi connectivity index (χ4n) is 3.65. The molecule has 0 bridgehead atoms. The van der Waals surface area contributed by atoms with Crippen molar-refractivity contribution in [3.8, 4) is 28.5 Å². The van der Waals surface area contributed by atoms with Crippen LogP contribution >= 0.6 is 0 Å². The van der Waals surface area contributed by atoms with Gasteiger partial charge in [0.1, 0.15) is 0 Å². The highest BCUT2D eigenvalue weighted by molar-refractivity contribution is 6.04. The summed E-state index contributed by atoms with van der Waals surface area (Å²) in [5.41, 5.74) is 6.82. The minimum absolute atomic E-state index is 0.255. The van der Waals surface area contributed by atoms with Crippen LogP contribution < -0.4 is 5.32 Å². The molecule has 0 atom stereocenters. The van der Waals surface area contributed by atoms with Crippen LogP contribution in [0.3, 0.4) is 0 Å². The minimum atomic E-state index is -0.778. The summed E-state index contributed by atoms with van der Waals surface area (Å²) in [6.45, 7) is 7.55. The van der Waals surface area contributed by atoms with E-state index in [0.717, 1.165) is 33.6 Å². The molecule has 3 heterocycles. The normalized spacial score (nSPS) is 11.0. The van der Waals surface area contributed by atoms with E-state index in [0.29, 0.717) is 16.9 Å². The Morgan fingerprint density at radius 3 is 2.38 bits per heavy atom. The molecule has 4 aromatic rings. The smallest absolute Gasteiger partial charge is 0.255 e. The maximum atomic E-state index is 12.9. The van der Waals surface area contributed by atoms with Gasteiger partial charge in [0.2, 0.25) is 0 Å². The van der Waals surface area contributed by atoms with Gasteiger partial charge in [0.25, 0.3) is 5.91 Å². The average Bonchev–Trinajstić information content (AvgIpc) is 2.85. The van der Waals surface area contributed by atoms with Gasteiger partial charge >= 0.3 is 0 Å². The predicted octanol–water partition coefficient (Wildman–Crippen LogP) is 5.88. The molecular weight excluding hydrogens is 422 g/mol. The fourth-order valence-corrected chi connectivity index (χ4v) is 3.65. The Kier molecular flexibility index (Phi) is 6.20. The summed E-state index contributed by atoms with van der Waals surface area (Å²) >= 11 is 0. The number of hydrogen-bond donors (Lipinski definition) is 1. The molecule has 0 aliphatic carbocycles. The van der Waals surface area contributed by atoms with Crippen molar-refractivity contribution in [3.63, 3.8) is 0 Å². The van der Waals surface area contributed by atoms with Crippen LogP contribution in [0.25, 0.3) is 22.4 Å². The Balaban J connectivity index is 1.63. The summed E-state index contributed by atoms with van der Waals surface area (Å²) in [5.74, 6) is -0.255. The third kappa shape index (κ3) is 4.84. The number of hydrogen-bond acceptors (Lipinski definition) is 5. The van der Waals surface area contributed by atoms with Crippen molar-refractivity contribution in [1.82, 2.24) is 15.0 Å². The molecule has 0 saturated carbocycles. The number of nitriles is 1. The van der Waals surface area contributed by atoms with Crippen molar-refractivity contribution < 1.29 is 4.79 Å². The monoisotopic (exact) mass is 447 g/mol. The van der Waals surface area contributed by atoms with Crippen molar-refractivity contribution in [2.45, 2.75) is 33.1 Å². The first-order chi connectivity index (χ1) is 16.3. The summed E-state index contributed by atoms with van der Waals surface area (Å²) in [4.78, 5) is 26.0. The van der Waals surface area contributed by atoms with Crippen molar-refractivity contribution in [1.29, 1.82) is 5.26 Å². The molecule has 6 nitrogen and oxygen atoms in total. The van der Waals surface area contributed by atoms with E-state index in [1.807, 2.05) is 56.3 Å². The molecule has 1 N–H and O–H groups in total. The van der Waals surface area contributed by atoms with E-state index in [1.54, 1.807) is 44.6 Å². The SMILES string of the molecule is Cc1cc(-c2cc(-c3cc(NC(=O)c4ccnc(C(C)(C)C#N)c4)ccc3C)ccn2)ccn1. The molecule has 0 saturated heterocycles. The lowest BCUT2D eigenvalue weighted by Crippen LogP contribution is -2.18. The first-order valence-electron chi connectivity index (χ1n) is 11.0. The van der Waals surface area contributed by atoms with Crippen LogP contribution in [0.4, 0.5) is 5.69 Å². The fraction of sp³-hybridized carbons (Fsp3) is 0.179. The number of pyridine rings is 3. The first kappa shape index (κ1) is 22.8. The quantitative estimate of drug-likeness (QED) is 0.413. The number of aromatic nitrogens is 3. The zero-order chi connectivity index (χ0) is 24.3. The summed E-state index contributed by atoms with van der Waals surface area (Å²) < 4.78 is 0. The van der Waals surface area contributed by atoms with Gasteiger partial charge in [-0.3, -0.25) is 19.7 Å². The summed E-state index contributed by atoms with van der Waals surface area (Å²) in [7, 11) is 0. The highest BCUT2D eigenvalue weighted by Crippen LogP contribution is 2.30. The summed E-state index contributed by atoms with van der Waals surface area (Å²) in [6.07, 6.45) is 5.13. The number of benzene rings is 1. The van der Waals surface area contributed by atoms with E-state index in [-0.39, 0.29) is 5.91 Å². The van der Waals surface area contributed by atoms with E-state index < -0.39 is 5.41 Å². The Morgan fingerprint density at radius 2 is 1.62 bits per heavy atom. The van der Waals surface area contributed by atoms with Crippen LogP contribution in [0.15, 0.2) is 73.2 Å². The van der Waals surface area contributed by atoms with Gasteiger partial charge in [-0.15, -0.1) is 0 Å². The van der Waals surface area contributed by atoms with Crippen LogP contribution in [0.5, 0.6) is 0 Å². The molecule has 0 unspecified atom stereocenters. The number of carbonyl (C=O) groups is 1. The molecule has 3 aromatic heterocycles. The van der Waals surface area contributed by atoms with Gasteiger partial charge in [-0.05, 0) is 92.9 Å². The zero-order valence-electron chi connectivity index (χ0n) is 19.6. The zero-order valence-corrected chi connectivity index (χ0v) is 19.6. The van der Waals surface area contributed by atoms with Gasteiger partial charge in [-0.1, -0.05) is 6.07 Å². The van der Waals surface area contributed by atoms with Crippen molar-refractivity contribution in [2.75, 3.05) is 5.32 Å². The third-order valence-corrected chi connectivity index (χ3v) is 5.70. The molecule has 1 aromatic carbocycles. The molecule has 0 aliphatic heterocycles. The second kappa shape index (κ2) is 9.24. The van der Waals surface area contributed by atoms with Crippen LogP contribution in [0, 0.1) is 25.2 Å². The molecule has 0 spiro atoms. The van der Waals surface area contributed by atoms with Gasteiger partial charge in [-0.2, -0.15) is 5.26 Å². The van der Waals surface area contributed by atoms with Gasteiger partial charge in [-0.25, -0.2) is 0 Å². The topological polar surface area (TPSA) is 91.6 Å². The molecule has 1 amide bonds. The van der Waals surface area contributed by atoms with Crippen molar-refractivity contribution in [2.24, 2.45) is 0 Å². The molecular formula is C28H25N5O. The molecule has 34 heavy (non-hydrogen) atoms. The molecule has 168 valence electrons. The number of carbonyl (C=O) groups excluding carboxylic acids is 1. The number of nitrogens with zero attached hydrogens (tertiary/aromatic N) is 4. The summed E-state index contributed by atoms with van der Waals surface area (Å²) in [6, 6.07) is 19.3. The molecule has 4 rings (SSSR count). The van der Waals surface area contributed by atoms with Crippen molar-refractivity contribution >= 4 is 11.6 Å². The van der Waals surface area contributed by atoms with E-state index in [2.05, 4.69) is 26.3 Å². The van der Waals surface area contributed by atoms with E-state index in [4.69, 9.17) is 0 Å². The number of anilines is 1. The van der Waals surface area contributed by atoms with Crippen molar-refractivity contribution in [3.05, 3.63) is 95.7 Å². The predicted molar refractivity (Wildman–Crippen MR) is 133 cm³/mol. The second-order valence-corrected chi connectivity index (χ2v) is 8.77. The van der Waals surface area contributed by atoms with Gasteiger partial charge < -0.3 is 5.32 Å². The second-order valence-electron chi connectivity index (χ2n) is 8.77. The average molecular weight is 448 g/mol. The van der Waals surface area contributed by atoms with Crippen LogP contribution in [0.2, 0.25) is 0 Å². The van der Waals surface area contributed by atoms with Gasteiger partial charge in [0, 0.05) is 41.1 Å². The first-order valence-corrected chi connectivity index (χ1v) is 11.0. The molecule has 0 radical (unpaired) electrons. The number of rotatable bonds is 5. The van der Waals surface area contributed by atoms with E-state index >= 15 is 0 Å². The van der Waals surface area contributed by atoms with E-state index in [9.17, 15) is 10.1 Å². The number of aryl methyl sites for hydroxylation is 2. The molecule has 6 heteroatoms. The lowest BCUT2D eigenvalue weighted by atomic mass is 9.90. The lowest BCUT2D eigenvalue weighted by molar-refractivity contribution is 0.102. The largest absolute Gasteiger partial charge is 0.322 e.